The molecule has 4 heteroatoms. The summed E-state index contributed by atoms with van der Waals surface area (Å²) in [5, 5.41) is 12.5. The van der Waals surface area contributed by atoms with Crippen molar-refractivity contribution in [3.63, 3.8) is 0 Å². The van der Waals surface area contributed by atoms with Gasteiger partial charge in [-0.25, -0.2) is 0 Å². The van der Waals surface area contributed by atoms with Crippen LogP contribution in [-0.2, 0) is 4.79 Å². The smallest absolute Gasteiger partial charge is 0.306 e. The summed E-state index contributed by atoms with van der Waals surface area (Å²) in [5.74, 6) is 0.177. The van der Waals surface area contributed by atoms with Crippen molar-refractivity contribution >= 4 is 5.97 Å². The number of carboxylic acid groups (broad SMARTS) is 1. The molecule has 18 heavy (non-hydrogen) atoms. The molecule has 1 fully saturated rings. The van der Waals surface area contributed by atoms with E-state index in [1.165, 1.54) is 0 Å². The summed E-state index contributed by atoms with van der Waals surface area (Å²) in [6, 6.07) is 4.55. The van der Waals surface area contributed by atoms with Crippen LogP contribution >= 0.6 is 0 Å². The molecule has 0 radical (unpaired) electrons. The molecule has 1 saturated carbocycles. The van der Waals surface area contributed by atoms with Crippen molar-refractivity contribution in [2.24, 2.45) is 5.92 Å². The van der Waals surface area contributed by atoms with Crippen LogP contribution in [0.2, 0.25) is 0 Å². The van der Waals surface area contributed by atoms with Crippen molar-refractivity contribution < 1.29 is 14.3 Å². The predicted molar refractivity (Wildman–Crippen MR) is 68.3 cm³/mol. The van der Waals surface area contributed by atoms with Crippen LogP contribution in [0.5, 0.6) is 0 Å². The van der Waals surface area contributed by atoms with Crippen LogP contribution in [0.1, 0.15) is 50.8 Å². The molecule has 0 aliphatic heterocycles. The topological polar surface area (TPSA) is 62.5 Å². The molecule has 100 valence electrons. The van der Waals surface area contributed by atoms with E-state index in [0.717, 1.165) is 37.9 Å². The molecule has 1 heterocycles. The Bertz CT molecular complexity index is 366. The summed E-state index contributed by atoms with van der Waals surface area (Å²) < 4.78 is 5.43. The van der Waals surface area contributed by atoms with Gasteiger partial charge in [-0.05, 0) is 44.2 Å². The summed E-state index contributed by atoms with van der Waals surface area (Å²) in [7, 11) is 0. The Morgan fingerprint density at radius 3 is 2.72 bits per heavy atom. The molecular formula is C14H21NO3. The fourth-order valence-electron chi connectivity index (χ4n) is 2.68. The molecule has 1 atom stereocenters. The first kappa shape index (κ1) is 13.1. The van der Waals surface area contributed by atoms with Gasteiger partial charge in [0, 0.05) is 6.04 Å². The van der Waals surface area contributed by atoms with Gasteiger partial charge >= 0.3 is 5.97 Å². The highest BCUT2D eigenvalue weighted by atomic mass is 16.4. The Morgan fingerprint density at radius 1 is 1.50 bits per heavy atom. The number of furan rings is 1. The van der Waals surface area contributed by atoms with E-state index < -0.39 is 5.97 Å². The van der Waals surface area contributed by atoms with Gasteiger partial charge in [-0.1, -0.05) is 6.92 Å². The average Bonchev–Trinajstić information content (AvgIpc) is 2.90. The molecular weight excluding hydrogens is 230 g/mol. The first-order valence-corrected chi connectivity index (χ1v) is 6.73. The molecule has 2 rings (SSSR count). The molecule has 1 aromatic rings. The first-order valence-electron chi connectivity index (χ1n) is 6.73. The molecule has 0 aromatic carbocycles. The van der Waals surface area contributed by atoms with Crippen molar-refractivity contribution in [1.82, 2.24) is 5.32 Å². The van der Waals surface area contributed by atoms with Crippen molar-refractivity contribution in [1.29, 1.82) is 0 Å². The maximum Gasteiger partial charge on any atom is 0.306 e. The monoisotopic (exact) mass is 251 g/mol. The number of rotatable bonds is 5. The Kier molecular flexibility index (Phi) is 4.42. The zero-order valence-corrected chi connectivity index (χ0v) is 10.8. The molecule has 0 amide bonds. The second-order valence-corrected chi connectivity index (χ2v) is 5.03. The maximum absolute atomic E-state index is 10.9. The summed E-state index contributed by atoms with van der Waals surface area (Å²) in [6.07, 6.45) is 6.11. The Hall–Kier alpha value is -1.29. The van der Waals surface area contributed by atoms with Crippen molar-refractivity contribution in [3.8, 4) is 0 Å². The minimum absolute atomic E-state index is 0.147. The van der Waals surface area contributed by atoms with Gasteiger partial charge in [0.2, 0.25) is 0 Å². The minimum Gasteiger partial charge on any atom is -0.481 e. The van der Waals surface area contributed by atoms with E-state index >= 15 is 0 Å². The average molecular weight is 251 g/mol. The molecule has 1 unspecified atom stereocenters. The Morgan fingerprint density at radius 2 is 2.22 bits per heavy atom. The predicted octanol–water partition coefficient (Wildman–Crippen LogP) is 2.96. The van der Waals surface area contributed by atoms with E-state index in [4.69, 9.17) is 9.52 Å². The zero-order chi connectivity index (χ0) is 13.0. The number of carbonyl (C=O) groups is 1. The molecule has 2 N–H and O–H groups in total. The lowest BCUT2D eigenvalue weighted by Gasteiger charge is -2.29. The van der Waals surface area contributed by atoms with Crippen LogP contribution in [0.15, 0.2) is 22.8 Å². The second-order valence-electron chi connectivity index (χ2n) is 5.03. The van der Waals surface area contributed by atoms with Crippen LogP contribution in [0.25, 0.3) is 0 Å². The Labute approximate surface area is 107 Å². The largest absolute Gasteiger partial charge is 0.481 e. The first-order chi connectivity index (χ1) is 8.70. The second kappa shape index (κ2) is 6.05. The molecule has 0 spiro atoms. The lowest BCUT2D eigenvalue weighted by atomic mass is 9.85. The summed E-state index contributed by atoms with van der Waals surface area (Å²) in [4.78, 5) is 10.9. The van der Waals surface area contributed by atoms with E-state index in [2.05, 4.69) is 12.2 Å². The number of nitrogens with one attached hydrogen (secondary N) is 1. The van der Waals surface area contributed by atoms with Gasteiger partial charge in [0.15, 0.2) is 0 Å². The number of hydrogen-bond acceptors (Lipinski definition) is 3. The number of aliphatic carboxylic acids is 1. The molecule has 4 nitrogen and oxygen atoms in total. The van der Waals surface area contributed by atoms with Crippen LogP contribution in [0.4, 0.5) is 0 Å². The van der Waals surface area contributed by atoms with Gasteiger partial charge in [0.05, 0.1) is 18.2 Å². The standard InChI is InChI=1S/C14H21NO3/c1-2-12(13-4-3-9-18-13)15-11-7-5-10(6-8-11)14(16)17/h3-4,9-12,15H,2,5-8H2,1H3,(H,16,17). The lowest BCUT2D eigenvalue weighted by Crippen LogP contribution is -2.37. The SMILES string of the molecule is CCC(NC1CCC(C(=O)O)CC1)c1ccco1. The number of carboxylic acids is 1. The third-order valence-electron chi connectivity index (χ3n) is 3.81. The minimum atomic E-state index is -0.647. The van der Waals surface area contributed by atoms with Crippen LogP contribution in [0, 0.1) is 5.92 Å². The molecule has 0 saturated heterocycles. The van der Waals surface area contributed by atoms with Crippen LogP contribution < -0.4 is 5.32 Å². The van der Waals surface area contributed by atoms with Gasteiger partial charge in [-0.2, -0.15) is 0 Å². The molecule has 0 bridgehead atoms. The summed E-state index contributed by atoms with van der Waals surface area (Å²) in [6.45, 7) is 2.13. The quantitative estimate of drug-likeness (QED) is 0.844. The third kappa shape index (κ3) is 3.13. The van der Waals surface area contributed by atoms with E-state index in [0.29, 0.717) is 6.04 Å². The van der Waals surface area contributed by atoms with Crippen LogP contribution in [0.3, 0.4) is 0 Å². The van der Waals surface area contributed by atoms with Crippen LogP contribution in [-0.4, -0.2) is 17.1 Å². The molecule has 1 aromatic heterocycles. The van der Waals surface area contributed by atoms with Gasteiger partial charge < -0.3 is 14.8 Å². The maximum atomic E-state index is 10.9. The number of hydrogen-bond donors (Lipinski definition) is 2. The highest BCUT2D eigenvalue weighted by Gasteiger charge is 2.27. The molecule has 1 aliphatic carbocycles. The third-order valence-corrected chi connectivity index (χ3v) is 3.81. The van der Waals surface area contributed by atoms with E-state index in [1.807, 2.05) is 12.1 Å². The fourth-order valence-corrected chi connectivity index (χ4v) is 2.68. The van der Waals surface area contributed by atoms with Gasteiger partial charge in [0.25, 0.3) is 0 Å². The van der Waals surface area contributed by atoms with Gasteiger partial charge in [-0.3, -0.25) is 4.79 Å². The Balaban J connectivity index is 1.85. The van der Waals surface area contributed by atoms with Crippen molar-refractivity contribution in [3.05, 3.63) is 24.2 Å². The fraction of sp³-hybridized carbons (Fsp3) is 0.643. The van der Waals surface area contributed by atoms with Crippen molar-refractivity contribution in [2.45, 2.75) is 51.1 Å². The van der Waals surface area contributed by atoms with Gasteiger partial charge in [-0.15, -0.1) is 0 Å². The van der Waals surface area contributed by atoms with Crippen molar-refractivity contribution in [2.75, 3.05) is 0 Å². The summed E-state index contributed by atoms with van der Waals surface area (Å²) >= 11 is 0. The zero-order valence-electron chi connectivity index (χ0n) is 10.8. The van der Waals surface area contributed by atoms with Gasteiger partial charge in [0.1, 0.15) is 5.76 Å². The van der Waals surface area contributed by atoms with E-state index in [9.17, 15) is 4.79 Å². The van der Waals surface area contributed by atoms with E-state index in [1.54, 1.807) is 6.26 Å². The highest BCUT2D eigenvalue weighted by molar-refractivity contribution is 5.70. The normalized spacial score (nSPS) is 25.8. The van der Waals surface area contributed by atoms with E-state index in [-0.39, 0.29) is 12.0 Å². The lowest BCUT2D eigenvalue weighted by molar-refractivity contribution is -0.142. The molecule has 1 aliphatic rings. The highest BCUT2D eigenvalue weighted by Crippen LogP contribution is 2.27. The summed E-state index contributed by atoms with van der Waals surface area (Å²) in [5.41, 5.74) is 0.